The summed E-state index contributed by atoms with van der Waals surface area (Å²) < 4.78 is 6.96. The van der Waals surface area contributed by atoms with Crippen LogP contribution >= 0.6 is 12.2 Å². The summed E-state index contributed by atoms with van der Waals surface area (Å²) in [5, 5.41) is 12.9. The molecule has 2 aromatic carbocycles. The van der Waals surface area contributed by atoms with E-state index in [1.807, 2.05) is 38.1 Å². The van der Waals surface area contributed by atoms with Crippen LogP contribution in [-0.4, -0.2) is 45.2 Å². The van der Waals surface area contributed by atoms with Gasteiger partial charge in [0, 0.05) is 25.2 Å². The van der Waals surface area contributed by atoms with Crippen LogP contribution in [0.15, 0.2) is 64.0 Å². The zero-order valence-electron chi connectivity index (χ0n) is 20.4. The van der Waals surface area contributed by atoms with Gasteiger partial charge in [-0.2, -0.15) is 0 Å². The van der Waals surface area contributed by atoms with Crippen LogP contribution in [0, 0.1) is 4.77 Å². The van der Waals surface area contributed by atoms with Crippen molar-refractivity contribution in [2.75, 3.05) is 19.7 Å². The average molecular weight is 505 g/mol. The summed E-state index contributed by atoms with van der Waals surface area (Å²) in [6.45, 7) is 7.03. The van der Waals surface area contributed by atoms with Crippen LogP contribution in [0.1, 0.15) is 32.8 Å². The molecule has 2 N–H and O–H groups in total. The fourth-order valence-electron chi connectivity index (χ4n) is 4.23. The van der Waals surface area contributed by atoms with Crippen molar-refractivity contribution in [1.29, 1.82) is 0 Å². The maximum Gasteiger partial charge on any atom is 0.262 e. The monoisotopic (exact) mass is 504 g/mol. The lowest BCUT2D eigenvalue weighted by molar-refractivity contribution is -0.128. The number of carbonyl (C=O) groups is 1. The molecule has 0 spiro atoms. The summed E-state index contributed by atoms with van der Waals surface area (Å²) in [6, 6.07) is 14.7. The van der Waals surface area contributed by atoms with E-state index in [2.05, 4.69) is 4.98 Å². The highest BCUT2D eigenvalue weighted by molar-refractivity contribution is 7.71. The number of benzene rings is 2. The largest absolute Gasteiger partial charge is 0.494 e. The summed E-state index contributed by atoms with van der Waals surface area (Å²) in [7, 11) is 0. The summed E-state index contributed by atoms with van der Waals surface area (Å²) in [4.78, 5) is 33.9. The summed E-state index contributed by atoms with van der Waals surface area (Å²) in [5.74, 6) is 0.399. The van der Waals surface area contributed by atoms with Gasteiger partial charge < -0.3 is 14.7 Å². The number of allylic oxidation sites excluding steroid dienone is 1. The molecule has 1 amide bonds. The first-order valence-electron chi connectivity index (χ1n) is 11.8. The predicted molar refractivity (Wildman–Crippen MR) is 141 cm³/mol. The SMILES string of the molecule is CCOc1ccc(-n2c(O)c(/C=C3\N=c4ccccc4=C3CCN(CC)C(C)=O)c(=O)[nH]c2=S)cc1. The number of para-hydroxylation sites is 1. The van der Waals surface area contributed by atoms with Crippen molar-refractivity contribution in [2.24, 2.45) is 4.99 Å². The number of hydrogen-bond acceptors (Lipinski definition) is 6. The highest BCUT2D eigenvalue weighted by Gasteiger charge is 2.19. The molecule has 186 valence electrons. The van der Waals surface area contributed by atoms with Crippen LogP contribution in [0.3, 0.4) is 0 Å². The molecule has 0 aliphatic carbocycles. The Morgan fingerprint density at radius 3 is 2.58 bits per heavy atom. The quantitative estimate of drug-likeness (QED) is 0.460. The number of aromatic amines is 1. The van der Waals surface area contributed by atoms with E-state index in [0.29, 0.717) is 43.3 Å². The van der Waals surface area contributed by atoms with Gasteiger partial charge >= 0.3 is 0 Å². The first-order chi connectivity index (χ1) is 17.3. The third kappa shape index (κ3) is 5.01. The van der Waals surface area contributed by atoms with E-state index in [9.17, 15) is 14.7 Å². The minimum Gasteiger partial charge on any atom is -0.494 e. The summed E-state index contributed by atoms with van der Waals surface area (Å²) in [5.41, 5.74) is 1.57. The standard InChI is InChI=1S/C27H28N4O4S/c1-4-30(17(3)32)15-14-21-20-8-6-7-9-23(20)28-24(21)16-22-25(33)29-27(36)31(26(22)34)18-10-12-19(13-11-18)35-5-2/h6-13,16,34H,4-5,14-15H2,1-3H3,(H,29,33,36)/b24-16-. The molecule has 1 aromatic heterocycles. The minimum atomic E-state index is -0.517. The van der Waals surface area contributed by atoms with E-state index in [0.717, 1.165) is 16.1 Å². The minimum absolute atomic E-state index is 0.00151. The highest BCUT2D eigenvalue weighted by atomic mass is 32.1. The van der Waals surface area contributed by atoms with Crippen molar-refractivity contribution in [1.82, 2.24) is 14.5 Å². The van der Waals surface area contributed by atoms with Gasteiger partial charge in [0.05, 0.1) is 23.3 Å². The smallest absolute Gasteiger partial charge is 0.262 e. The number of aromatic hydroxyl groups is 1. The van der Waals surface area contributed by atoms with E-state index in [1.165, 1.54) is 4.57 Å². The Morgan fingerprint density at radius 2 is 1.92 bits per heavy atom. The fraction of sp³-hybridized carbons (Fsp3) is 0.259. The van der Waals surface area contributed by atoms with Crippen LogP contribution < -0.4 is 20.9 Å². The Labute approximate surface area is 213 Å². The first kappa shape index (κ1) is 25.1. The van der Waals surface area contributed by atoms with Crippen molar-refractivity contribution >= 4 is 29.8 Å². The molecule has 0 radical (unpaired) electrons. The second-order valence-corrected chi connectivity index (χ2v) is 8.63. The van der Waals surface area contributed by atoms with Gasteiger partial charge in [0.25, 0.3) is 5.56 Å². The van der Waals surface area contributed by atoms with Gasteiger partial charge in [0.1, 0.15) is 11.3 Å². The first-order valence-corrected chi connectivity index (χ1v) is 12.2. The molecule has 3 aromatic rings. The molecule has 2 heterocycles. The molecule has 9 heteroatoms. The number of fused-ring (bicyclic) bond motifs is 1. The lowest BCUT2D eigenvalue weighted by atomic mass is 10.1. The number of nitrogens with zero attached hydrogens (tertiary/aromatic N) is 3. The van der Waals surface area contributed by atoms with E-state index in [-0.39, 0.29) is 22.1 Å². The maximum absolute atomic E-state index is 12.9. The zero-order chi connectivity index (χ0) is 25.8. The third-order valence-corrected chi connectivity index (χ3v) is 6.33. The van der Waals surface area contributed by atoms with Crippen molar-refractivity contribution in [2.45, 2.75) is 27.2 Å². The molecule has 8 nitrogen and oxygen atoms in total. The van der Waals surface area contributed by atoms with Gasteiger partial charge in [-0.05, 0) is 74.5 Å². The number of amides is 1. The van der Waals surface area contributed by atoms with Gasteiger partial charge in [0.2, 0.25) is 11.8 Å². The van der Waals surface area contributed by atoms with Crippen molar-refractivity contribution in [3.8, 4) is 17.3 Å². The van der Waals surface area contributed by atoms with E-state index < -0.39 is 5.56 Å². The van der Waals surface area contributed by atoms with Crippen LogP contribution in [0.5, 0.6) is 11.6 Å². The van der Waals surface area contributed by atoms with Crippen molar-refractivity contribution < 1.29 is 14.6 Å². The van der Waals surface area contributed by atoms with Gasteiger partial charge in [-0.25, -0.2) is 4.99 Å². The number of ether oxygens (including phenoxy) is 1. The molecule has 4 rings (SSSR count). The number of H-pyrrole nitrogens is 1. The molecule has 1 aliphatic rings. The normalized spacial score (nSPS) is 13.4. The number of carbonyl (C=O) groups excluding carboxylic acids is 1. The van der Waals surface area contributed by atoms with Crippen LogP contribution in [0.4, 0.5) is 0 Å². The molecule has 0 fully saturated rings. The number of rotatable bonds is 8. The van der Waals surface area contributed by atoms with Crippen LogP contribution in [0.25, 0.3) is 17.3 Å². The number of nitrogens with one attached hydrogen (secondary N) is 1. The van der Waals surface area contributed by atoms with Gasteiger partial charge in [0.15, 0.2) is 4.77 Å². The molecule has 1 aliphatic heterocycles. The lowest BCUT2D eigenvalue weighted by Crippen LogP contribution is -2.30. The number of hydrogen-bond donors (Lipinski definition) is 2. The summed E-state index contributed by atoms with van der Waals surface area (Å²) >= 11 is 5.35. The second kappa shape index (κ2) is 10.7. The summed E-state index contributed by atoms with van der Waals surface area (Å²) in [6.07, 6.45) is 2.13. The fourth-order valence-corrected chi connectivity index (χ4v) is 4.52. The molecule has 0 saturated heterocycles. The lowest BCUT2D eigenvalue weighted by Gasteiger charge is -2.19. The van der Waals surface area contributed by atoms with Gasteiger partial charge in [-0.15, -0.1) is 0 Å². The van der Waals surface area contributed by atoms with Gasteiger partial charge in [-0.3, -0.25) is 19.1 Å². The zero-order valence-corrected chi connectivity index (χ0v) is 21.3. The van der Waals surface area contributed by atoms with Crippen LogP contribution in [-0.2, 0) is 4.79 Å². The Hall–Kier alpha value is -3.98. The Bertz CT molecular complexity index is 1570. The van der Waals surface area contributed by atoms with Crippen LogP contribution in [0.2, 0.25) is 0 Å². The second-order valence-electron chi connectivity index (χ2n) is 8.24. The Morgan fingerprint density at radius 1 is 1.19 bits per heavy atom. The number of aromatic nitrogens is 2. The van der Waals surface area contributed by atoms with E-state index in [4.69, 9.17) is 21.9 Å². The van der Waals surface area contributed by atoms with Crippen molar-refractivity contribution in [3.05, 3.63) is 85.5 Å². The van der Waals surface area contributed by atoms with E-state index in [1.54, 1.807) is 42.2 Å². The average Bonchev–Trinajstić information content (AvgIpc) is 3.20. The molecular weight excluding hydrogens is 476 g/mol. The molecule has 36 heavy (non-hydrogen) atoms. The molecule has 0 bridgehead atoms. The third-order valence-electron chi connectivity index (χ3n) is 6.05. The molecule has 0 unspecified atom stereocenters. The Balaban J connectivity index is 1.81. The van der Waals surface area contributed by atoms with Crippen molar-refractivity contribution in [3.63, 3.8) is 0 Å². The molecule has 0 saturated carbocycles. The maximum atomic E-state index is 12.9. The predicted octanol–water partition coefficient (Wildman–Crippen LogP) is 3.08. The Kier molecular flexibility index (Phi) is 7.49. The van der Waals surface area contributed by atoms with E-state index >= 15 is 0 Å². The molecule has 0 atom stereocenters. The van der Waals surface area contributed by atoms with Gasteiger partial charge in [-0.1, -0.05) is 18.2 Å². The topological polar surface area (TPSA) is 99.9 Å². The molecular formula is C27H28N4O4S. The highest BCUT2D eigenvalue weighted by Crippen LogP contribution is 2.26.